The summed E-state index contributed by atoms with van der Waals surface area (Å²) in [4.78, 5) is 3.21. The predicted molar refractivity (Wildman–Crippen MR) is 76.4 cm³/mol. The molecule has 0 atom stereocenters. The van der Waals surface area contributed by atoms with Crippen LogP contribution in [0.2, 0.25) is 5.02 Å². The number of hydrogen-bond donors (Lipinski definition) is 1. The quantitative estimate of drug-likeness (QED) is 0.786. The van der Waals surface area contributed by atoms with Gasteiger partial charge in [0, 0.05) is 5.54 Å². The summed E-state index contributed by atoms with van der Waals surface area (Å²) in [7, 11) is 0. The number of nitrogens with zero attached hydrogens (tertiary/aromatic N) is 1. The van der Waals surface area contributed by atoms with Crippen molar-refractivity contribution in [3.8, 4) is 0 Å². The van der Waals surface area contributed by atoms with E-state index >= 15 is 0 Å². The molecule has 0 saturated heterocycles. The van der Waals surface area contributed by atoms with E-state index < -0.39 is 0 Å². The number of aromatic nitrogens is 2. The minimum atomic E-state index is 0.00870. The molecule has 0 saturated carbocycles. The molecule has 0 unspecified atom stereocenters. The van der Waals surface area contributed by atoms with E-state index in [9.17, 15) is 0 Å². The summed E-state index contributed by atoms with van der Waals surface area (Å²) in [6.45, 7) is 6.61. The second-order valence-corrected chi connectivity index (χ2v) is 5.76. The zero-order valence-corrected chi connectivity index (χ0v) is 12.0. The van der Waals surface area contributed by atoms with Gasteiger partial charge in [0.25, 0.3) is 0 Å². The number of hydrogen-bond acceptors (Lipinski definition) is 1. The predicted octanol–water partition coefficient (Wildman–Crippen LogP) is 4.89. The van der Waals surface area contributed by atoms with Crippen LogP contribution in [0.1, 0.15) is 33.6 Å². The van der Waals surface area contributed by atoms with Gasteiger partial charge >= 0.3 is 0 Å². The molecule has 2 rings (SSSR count). The van der Waals surface area contributed by atoms with Gasteiger partial charge in [-0.15, -0.1) is 0 Å². The fourth-order valence-electron chi connectivity index (χ4n) is 2.42. The van der Waals surface area contributed by atoms with Gasteiger partial charge < -0.3 is 9.55 Å². The largest absolute Gasteiger partial charge is 0.329 e. The highest BCUT2D eigenvalue weighted by atomic mass is 35.5. The molecule has 0 aliphatic carbocycles. The van der Waals surface area contributed by atoms with Gasteiger partial charge in [0.1, 0.15) is 0 Å². The van der Waals surface area contributed by atoms with Crippen molar-refractivity contribution in [1.82, 2.24) is 9.55 Å². The molecular formula is C13H17ClN2S. The zero-order valence-electron chi connectivity index (χ0n) is 10.4. The molecule has 92 valence electrons. The molecule has 0 radical (unpaired) electrons. The number of halogens is 1. The summed E-state index contributed by atoms with van der Waals surface area (Å²) in [6.07, 6.45) is 2.21. The number of benzene rings is 1. The number of aromatic amines is 1. The number of para-hydroxylation sites is 1. The minimum absolute atomic E-state index is 0.00870. The second kappa shape index (κ2) is 4.46. The highest BCUT2D eigenvalue weighted by Crippen LogP contribution is 2.30. The third-order valence-electron chi connectivity index (χ3n) is 3.13. The second-order valence-electron chi connectivity index (χ2n) is 4.96. The van der Waals surface area contributed by atoms with Crippen LogP contribution in [0.3, 0.4) is 0 Å². The van der Waals surface area contributed by atoms with E-state index in [4.69, 9.17) is 23.8 Å². The lowest BCUT2D eigenvalue weighted by molar-refractivity contribution is 0.330. The Hall–Kier alpha value is -0.800. The Morgan fingerprint density at radius 2 is 2.12 bits per heavy atom. The van der Waals surface area contributed by atoms with Crippen molar-refractivity contribution < 1.29 is 0 Å². The maximum absolute atomic E-state index is 6.18. The number of fused-ring (bicyclic) bond motifs is 1. The van der Waals surface area contributed by atoms with Crippen LogP contribution in [0, 0.1) is 4.77 Å². The van der Waals surface area contributed by atoms with Crippen molar-refractivity contribution in [2.24, 2.45) is 0 Å². The molecule has 0 amide bonds. The minimum Gasteiger partial charge on any atom is -0.329 e. The summed E-state index contributed by atoms with van der Waals surface area (Å²) in [5.74, 6) is 0. The maximum atomic E-state index is 6.18. The first-order valence-electron chi connectivity index (χ1n) is 5.87. The summed E-state index contributed by atoms with van der Waals surface area (Å²) in [5, 5.41) is 0.722. The summed E-state index contributed by atoms with van der Waals surface area (Å²) in [6, 6.07) is 5.91. The van der Waals surface area contributed by atoms with Crippen LogP contribution in [0.4, 0.5) is 0 Å². The van der Waals surface area contributed by atoms with Crippen molar-refractivity contribution in [1.29, 1.82) is 0 Å². The Labute approximate surface area is 112 Å². The van der Waals surface area contributed by atoms with Gasteiger partial charge in [-0.2, -0.15) is 0 Å². The van der Waals surface area contributed by atoms with Crippen LogP contribution in [0.5, 0.6) is 0 Å². The molecule has 2 aromatic rings. The Kier molecular flexibility index (Phi) is 3.32. The first-order chi connectivity index (χ1) is 7.97. The molecule has 2 nitrogen and oxygen atoms in total. The van der Waals surface area contributed by atoms with Crippen LogP contribution >= 0.6 is 23.8 Å². The molecular weight excluding hydrogens is 252 g/mol. The summed E-state index contributed by atoms with van der Waals surface area (Å²) >= 11 is 11.6. The van der Waals surface area contributed by atoms with Gasteiger partial charge in [-0.05, 0) is 44.6 Å². The van der Waals surface area contributed by atoms with E-state index in [0.29, 0.717) is 0 Å². The van der Waals surface area contributed by atoms with Crippen LogP contribution < -0.4 is 0 Å². The van der Waals surface area contributed by atoms with Gasteiger partial charge in [0.05, 0.1) is 16.1 Å². The number of rotatable bonds is 3. The molecule has 1 N–H and O–H groups in total. The van der Waals surface area contributed by atoms with Crippen LogP contribution in [-0.2, 0) is 5.54 Å². The van der Waals surface area contributed by atoms with E-state index in [-0.39, 0.29) is 5.54 Å². The van der Waals surface area contributed by atoms with E-state index in [1.807, 2.05) is 12.1 Å². The third kappa shape index (κ3) is 2.14. The average molecular weight is 269 g/mol. The fraction of sp³-hybridized carbons (Fsp3) is 0.462. The standard InChI is InChI=1S/C13H17ClN2S/c1-4-8-13(2,3)16-10-7-5-6-9(14)11(10)15-12(16)17/h5-7H,4,8H2,1-3H3,(H,15,17). The zero-order chi connectivity index (χ0) is 12.6. The van der Waals surface area contributed by atoms with Crippen LogP contribution in [0.25, 0.3) is 11.0 Å². The molecule has 1 aromatic heterocycles. The third-order valence-corrected chi connectivity index (χ3v) is 3.73. The van der Waals surface area contributed by atoms with Crippen LogP contribution in [-0.4, -0.2) is 9.55 Å². The van der Waals surface area contributed by atoms with Gasteiger partial charge in [-0.25, -0.2) is 0 Å². The molecule has 1 heterocycles. The summed E-state index contributed by atoms with van der Waals surface area (Å²) in [5.41, 5.74) is 2.03. The van der Waals surface area contributed by atoms with Crippen molar-refractivity contribution in [3.05, 3.63) is 28.0 Å². The van der Waals surface area contributed by atoms with Gasteiger partial charge in [0.2, 0.25) is 0 Å². The monoisotopic (exact) mass is 268 g/mol. The fourth-order valence-corrected chi connectivity index (χ4v) is 3.08. The lowest BCUT2D eigenvalue weighted by atomic mass is 9.98. The van der Waals surface area contributed by atoms with Crippen molar-refractivity contribution in [2.75, 3.05) is 0 Å². The molecule has 0 bridgehead atoms. The smallest absolute Gasteiger partial charge is 0.178 e. The van der Waals surface area contributed by atoms with Crippen LogP contribution in [0.15, 0.2) is 18.2 Å². The first-order valence-corrected chi connectivity index (χ1v) is 6.65. The molecule has 0 spiro atoms. The molecule has 1 aromatic carbocycles. The first kappa shape index (κ1) is 12.7. The highest BCUT2D eigenvalue weighted by molar-refractivity contribution is 7.71. The van der Waals surface area contributed by atoms with Crippen molar-refractivity contribution in [3.63, 3.8) is 0 Å². The van der Waals surface area contributed by atoms with E-state index in [1.165, 1.54) is 0 Å². The molecule has 0 aliphatic rings. The topological polar surface area (TPSA) is 20.7 Å². The average Bonchev–Trinajstić information content (AvgIpc) is 2.56. The van der Waals surface area contributed by atoms with E-state index in [0.717, 1.165) is 33.7 Å². The molecule has 17 heavy (non-hydrogen) atoms. The Balaban J connectivity index is 2.74. The lowest BCUT2D eigenvalue weighted by Gasteiger charge is -2.27. The Morgan fingerprint density at radius 1 is 1.41 bits per heavy atom. The Bertz CT molecular complexity index is 595. The van der Waals surface area contributed by atoms with Gasteiger partial charge in [-0.1, -0.05) is 31.0 Å². The van der Waals surface area contributed by atoms with Gasteiger partial charge in [0.15, 0.2) is 4.77 Å². The number of H-pyrrole nitrogens is 1. The van der Waals surface area contributed by atoms with Crippen molar-refractivity contribution in [2.45, 2.75) is 39.2 Å². The SMILES string of the molecule is CCCC(C)(C)n1c(=S)[nH]c2c(Cl)cccc21. The molecule has 0 fully saturated rings. The van der Waals surface area contributed by atoms with E-state index in [1.54, 1.807) is 0 Å². The summed E-state index contributed by atoms with van der Waals surface area (Å²) < 4.78 is 2.92. The molecule has 0 aliphatic heterocycles. The van der Waals surface area contributed by atoms with E-state index in [2.05, 4.69) is 36.4 Å². The normalized spacial score (nSPS) is 12.2. The highest BCUT2D eigenvalue weighted by Gasteiger charge is 2.22. The number of nitrogens with one attached hydrogen (secondary N) is 1. The number of imidazole rings is 1. The lowest BCUT2D eigenvalue weighted by Crippen LogP contribution is -2.25. The Morgan fingerprint density at radius 3 is 2.76 bits per heavy atom. The molecule has 4 heteroatoms. The maximum Gasteiger partial charge on any atom is 0.178 e. The van der Waals surface area contributed by atoms with Crippen molar-refractivity contribution >= 4 is 34.9 Å². The van der Waals surface area contributed by atoms with Gasteiger partial charge in [-0.3, -0.25) is 0 Å².